The largest absolute Gasteiger partial charge is 0.301 e. The van der Waals surface area contributed by atoms with E-state index >= 15 is 0 Å². The van der Waals surface area contributed by atoms with E-state index in [0.29, 0.717) is 0 Å². The molecule has 4 nitrogen and oxygen atoms in total. The van der Waals surface area contributed by atoms with Crippen LogP contribution in [0.5, 0.6) is 0 Å². The molecule has 1 aliphatic rings. The highest BCUT2D eigenvalue weighted by Gasteiger charge is 2.32. The van der Waals surface area contributed by atoms with Crippen LogP contribution in [0.15, 0.2) is 0 Å². The van der Waals surface area contributed by atoms with Gasteiger partial charge >= 0.3 is 0 Å². The molecule has 25 heavy (non-hydrogen) atoms. The summed E-state index contributed by atoms with van der Waals surface area (Å²) in [5.41, 5.74) is 4.44. The summed E-state index contributed by atoms with van der Waals surface area (Å²) in [6.45, 7) is 26.5. The zero-order chi connectivity index (χ0) is 18.8. The quantitative estimate of drug-likeness (QED) is 0.811. The number of rotatable bonds is 5. The maximum absolute atomic E-state index is 5.06. The zero-order valence-electron chi connectivity index (χ0n) is 17.9. The van der Waals surface area contributed by atoms with E-state index in [0.717, 1.165) is 19.5 Å². The summed E-state index contributed by atoms with van der Waals surface area (Å²) in [6, 6.07) is 0. The van der Waals surface area contributed by atoms with Crippen molar-refractivity contribution in [3.05, 3.63) is 17.0 Å². The Labute approximate surface area is 155 Å². The van der Waals surface area contributed by atoms with Gasteiger partial charge in [0.15, 0.2) is 0 Å². The van der Waals surface area contributed by atoms with E-state index in [9.17, 15) is 0 Å². The molecule has 0 radical (unpaired) electrons. The SMILES string of the molecule is CCc1nn(CCN2CCN(CC)CC2)c(C(C)(C)C)c1C(C)(C)C. The third-order valence-corrected chi connectivity index (χ3v) is 5.36. The van der Waals surface area contributed by atoms with Gasteiger partial charge in [0.05, 0.1) is 12.2 Å². The van der Waals surface area contributed by atoms with Gasteiger partial charge in [-0.3, -0.25) is 9.58 Å². The molecule has 0 unspecified atom stereocenters. The highest BCUT2D eigenvalue weighted by molar-refractivity contribution is 5.37. The lowest BCUT2D eigenvalue weighted by Gasteiger charge is -2.34. The first-order valence-electron chi connectivity index (χ1n) is 10.1. The van der Waals surface area contributed by atoms with Crippen LogP contribution in [0.1, 0.15) is 72.3 Å². The summed E-state index contributed by atoms with van der Waals surface area (Å²) < 4.78 is 2.33. The van der Waals surface area contributed by atoms with E-state index in [-0.39, 0.29) is 10.8 Å². The van der Waals surface area contributed by atoms with Crippen LogP contribution in [-0.2, 0) is 23.8 Å². The van der Waals surface area contributed by atoms with Gasteiger partial charge < -0.3 is 4.90 Å². The Hall–Kier alpha value is -0.870. The van der Waals surface area contributed by atoms with Crippen LogP contribution in [0.3, 0.4) is 0 Å². The molecular weight excluding hydrogens is 308 g/mol. The molecular formula is C21H40N4. The molecule has 0 spiro atoms. The van der Waals surface area contributed by atoms with Crippen LogP contribution < -0.4 is 0 Å². The molecule has 0 saturated carbocycles. The standard InChI is InChI=1S/C21H40N4/c1-9-17-18(20(3,4)5)19(21(6,7)8)25(22-17)16-15-24-13-11-23(10-2)12-14-24/h9-16H2,1-8H3. The maximum Gasteiger partial charge on any atom is 0.0662 e. The van der Waals surface area contributed by atoms with Gasteiger partial charge in [-0.2, -0.15) is 5.10 Å². The van der Waals surface area contributed by atoms with Crippen molar-refractivity contribution in [2.24, 2.45) is 0 Å². The van der Waals surface area contributed by atoms with Crippen molar-refractivity contribution in [2.75, 3.05) is 39.3 Å². The van der Waals surface area contributed by atoms with Crippen molar-refractivity contribution < 1.29 is 0 Å². The summed E-state index contributed by atoms with van der Waals surface area (Å²) in [4.78, 5) is 5.14. The Morgan fingerprint density at radius 1 is 0.800 bits per heavy atom. The van der Waals surface area contributed by atoms with Crippen LogP contribution in [-0.4, -0.2) is 58.8 Å². The van der Waals surface area contributed by atoms with E-state index in [1.54, 1.807) is 0 Å². The average Bonchev–Trinajstić information content (AvgIpc) is 2.92. The molecule has 0 aliphatic carbocycles. The molecule has 1 fully saturated rings. The Balaban J connectivity index is 2.22. The highest BCUT2D eigenvalue weighted by atomic mass is 15.3. The Morgan fingerprint density at radius 3 is 1.80 bits per heavy atom. The van der Waals surface area contributed by atoms with Crippen LogP contribution in [0.25, 0.3) is 0 Å². The number of aromatic nitrogens is 2. The monoisotopic (exact) mass is 348 g/mol. The van der Waals surface area contributed by atoms with Gasteiger partial charge in [-0.1, -0.05) is 55.4 Å². The lowest BCUT2D eigenvalue weighted by atomic mass is 9.77. The third-order valence-electron chi connectivity index (χ3n) is 5.36. The van der Waals surface area contributed by atoms with Gasteiger partial charge in [-0.15, -0.1) is 0 Å². The number of hydrogen-bond acceptors (Lipinski definition) is 3. The van der Waals surface area contributed by atoms with Gasteiger partial charge in [0.2, 0.25) is 0 Å². The van der Waals surface area contributed by atoms with E-state index < -0.39 is 0 Å². The first-order chi connectivity index (χ1) is 11.6. The van der Waals surface area contributed by atoms with Gasteiger partial charge in [-0.25, -0.2) is 0 Å². The normalized spacial score (nSPS) is 18.1. The Bertz CT molecular complexity index is 552. The summed E-state index contributed by atoms with van der Waals surface area (Å²) in [5.74, 6) is 0. The molecule has 1 aromatic rings. The van der Waals surface area contributed by atoms with Gasteiger partial charge in [0.25, 0.3) is 0 Å². The Kier molecular flexibility index (Phi) is 6.37. The van der Waals surface area contributed by atoms with E-state index in [1.807, 2.05) is 0 Å². The summed E-state index contributed by atoms with van der Waals surface area (Å²) in [5, 5.41) is 5.06. The number of aryl methyl sites for hydroxylation is 1. The minimum Gasteiger partial charge on any atom is -0.301 e. The summed E-state index contributed by atoms with van der Waals surface area (Å²) in [6.07, 6.45) is 1.01. The molecule has 2 heterocycles. The zero-order valence-corrected chi connectivity index (χ0v) is 17.9. The van der Waals surface area contributed by atoms with Crippen molar-refractivity contribution in [3.8, 4) is 0 Å². The van der Waals surface area contributed by atoms with E-state index in [4.69, 9.17) is 5.10 Å². The number of likely N-dealkylation sites (N-methyl/N-ethyl adjacent to an activating group) is 1. The van der Waals surface area contributed by atoms with Crippen LogP contribution in [0, 0.1) is 0 Å². The lowest BCUT2D eigenvalue weighted by molar-refractivity contribution is 0.132. The second-order valence-corrected chi connectivity index (χ2v) is 9.52. The molecule has 1 aromatic heterocycles. The smallest absolute Gasteiger partial charge is 0.0662 e. The molecule has 2 rings (SSSR count). The minimum absolute atomic E-state index is 0.115. The Morgan fingerprint density at radius 2 is 1.36 bits per heavy atom. The lowest BCUT2D eigenvalue weighted by Crippen LogP contribution is -2.47. The molecule has 0 atom stereocenters. The third kappa shape index (κ3) is 4.85. The molecule has 0 bridgehead atoms. The molecule has 1 saturated heterocycles. The molecule has 0 aromatic carbocycles. The maximum atomic E-state index is 5.06. The minimum atomic E-state index is 0.115. The topological polar surface area (TPSA) is 24.3 Å². The molecule has 4 heteroatoms. The predicted molar refractivity (Wildman–Crippen MR) is 108 cm³/mol. The molecule has 0 N–H and O–H groups in total. The fourth-order valence-corrected chi connectivity index (χ4v) is 4.04. The average molecular weight is 349 g/mol. The molecule has 0 amide bonds. The van der Waals surface area contributed by atoms with Crippen LogP contribution in [0.4, 0.5) is 0 Å². The van der Waals surface area contributed by atoms with E-state index in [2.05, 4.69) is 69.9 Å². The van der Waals surface area contributed by atoms with Crippen molar-refractivity contribution in [1.82, 2.24) is 19.6 Å². The second kappa shape index (κ2) is 7.79. The van der Waals surface area contributed by atoms with Crippen molar-refractivity contribution >= 4 is 0 Å². The van der Waals surface area contributed by atoms with Crippen LogP contribution in [0.2, 0.25) is 0 Å². The van der Waals surface area contributed by atoms with Gasteiger partial charge in [0, 0.05) is 49.4 Å². The van der Waals surface area contributed by atoms with Gasteiger partial charge in [0.1, 0.15) is 0 Å². The van der Waals surface area contributed by atoms with Gasteiger partial charge in [-0.05, 0) is 18.4 Å². The number of hydrogen-bond donors (Lipinski definition) is 0. The van der Waals surface area contributed by atoms with E-state index in [1.165, 1.54) is 49.7 Å². The fourth-order valence-electron chi connectivity index (χ4n) is 4.04. The number of nitrogens with zero attached hydrogens (tertiary/aromatic N) is 4. The van der Waals surface area contributed by atoms with Crippen molar-refractivity contribution in [3.63, 3.8) is 0 Å². The highest BCUT2D eigenvalue weighted by Crippen LogP contribution is 2.36. The van der Waals surface area contributed by atoms with Crippen LogP contribution >= 0.6 is 0 Å². The summed E-state index contributed by atoms with van der Waals surface area (Å²) >= 11 is 0. The molecule has 1 aliphatic heterocycles. The van der Waals surface area contributed by atoms with Crippen molar-refractivity contribution in [1.29, 1.82) is 0 Å². The summed E-state index contributed by atoms with van der Waals surface area (Å²) in [7, 11) is 0. The second-order valence-electron chi connectivity index (χ2n) is 9.52. The predicted octanol–water partition coefficient (Wildman–Crippen LogP) is 3.68. The molecule has 144 valence electrons. The number of piperazine rings is 1. The first kappa shape index (κ1) is 20.4. The van der Waals surface area contributed by atoms with Crippen molar-refractivity contribution in [2.45, 2.75) is 79.2 Å². The fraction of sp³-hybridized carbons (Fsp3) is 0.857. The first-order valence-corrected chi connectivity index (χ1v) is 10.1.